The molecule has 0 amide bonds. The van der Waals surface area contributed by atoms with Gasteiger partial charge in [-0.25, -0.2) is 0 Å². The van der Waals surface area contributed by atoms with Crippen LogP contribution in [0.4, 0.5) is 0 Å². The molecule has 5 nitrogen and oxygen atoms in total. The third-order valence-corrected chi connectivity index (χ3v) is 4.54. The lowest BCUT2D eigenvalue weighted by Gasteiger charge is -2.17. The SMILES string of the molecule is C=CCc1cc(C=NN=C(N)SCc2ccccc2)cc(OC)c1OC(C)C. The third kappa shape index (κ3) is 6.78. The minimum atomic E-state index is 0.0445. The molecule has 28 heavy (non-hydrogen) atoms. The molecule has 0 radical (unpaired) electrons. The topological polar surface area (TPSA) is 69.2 Å². The average Bonchev–Trinajstić information content (AvgIpc) is 2.68. The molecule has 0 saturated carbocycles. The summed E-state index contributed by atoms with van der Waals surface area (Å²) in [5.41, 5.74) is 8.97. The Labute approximate surface area is 171 Å². The van der Waals surface area contributed by atoms with E-state index in [0.29, 0.717) is 17.3 Å². The summed E-state index contributed by atoms with van der Waals surface area (Å²) in [7, 11) is 1.62. The summed E-state index contributed by atoms with van der Waals surface area (Å²) in [4.78, 5) is 0. The molecule has 6 heteroatoms. The van der Waals surface area contributed by atoms with Crippen LogP contribution in [-0.4, -0.2) is 24.6 Å². The highest BCUT2D eigenvalue weighted by Crippen LogP contribution is 2.34. The summed E-state index contributed by atoms with van der Waals surface area (Å²) in [5.74, 6) is 2.14. The Morgan fingerprint density at radius 3 is 2.64 bits per heavy atom. The van der Waals surface area contributed by atoms with Gasteiger partial charge in [0, 0.05) is 11.3 Å². The highest BCUT2D eigenvalue weighted by molar-refractivity contribution is 8.13. The first-order chi connectivity index (χ1) is 13.5. The van der Waals surface area contributed by atoms with Gasteiger partial charge in [-0.05, 0) is 43.5 Å². The summed E-state index contributed by atoms with van der Waals surface area (Å²) in [6, 6.07) is 14.0. The molecule has 0 bridgehead atoms. The summed E-state index contributed by atoms with van der Waals surface area (Å²) in [6.07, 6.45) is 4.20. The van der Waals surface area contributed by atoms with E-state index in [1.54, 1.807) is 13.3 Å². The van der Waals surface area contributed by atoms with Crippen molar-refractivity contribution in [3.8, 4) is 11.5 Å². The Morgan fingerprint density at radius 1 is 1.25 bits per heavy atom. The fourth-order valence-electron chi connectivity index (χ4n) is 2.50. The van der Waals surface area contributed by atoms with Gasteiger partial charge in [-0.3, -0.25) is 0 Å². The maximum absolute atomic E-state index is 5.94. The predicted molar refractivity (Wildman–Crippen MR) is 120 cm³/mol. The number of rotatable bonds is 9. The highest BCUT2D eigenvalue weighted by atomic mass is 32.2. The number of amidine groups is 1. The first-order valence-corrected chi connectivity index (χ1v) is 10.0. The number of methoxy groups -OCH3 is 1. The molecule has 0 atom stereocenters. The quantitative estimate of drug-likeness (QED) is 0.286. The molecule has 148 valence electrons. The van der Waals surface area contributed by atoms with Crippen molar-refractivity contribution >= 4 is 23.1 Å². The van der Waals surface area contributed by atoms with Gasteiger partial charge >= 0.3 is 0 Å². The zero-order chi connectivity index (χ0) is 20.4. The molecule has 0 aliphatic rings. The van der Waals surface area contributed by atoms with Crippen LogP contribution in [-0.2, 0) is 12.2 Å². The van der Waals surface area contributed by atoms with Crippen LogP contribution < -0.4 is 15.2 Å². The van der Waals surface area contributed by atoms with Crippen LogP contribution in [0.25, 0.3) is 0 Å². The van der Waals surface area contributed by atoms with Crippen LogP contribution in [0.1, 0.15) is 30.5 Å². The maximum Gasteiger partial charge on any atom is 0.180 e. The van der Waals surface area contributed by atoms with Gasteiger partial charge < -0.3 is 15.2 Å². The van der Waals surface area contributed by atoms with E-state index in [2.05, 4.69) is 28.9 Å². The Kier molecular flexibility index (Phi) is 8.62. The van der Waals surface area contributed by atoms with E-state index in [1.165, 1.54) is 17.3 Å². The van der Waals surface area contributed by atoms with Gasteiger partial charge in [0.25, 0.3) is 0 Å². The average molecular weight is 398 g/mol. The lowest BCUT2D eigenvalue weighted by molar-refractivity contribution is 0.228. The Bertz CT molecular complexity index is 833. The molecule has 2 aromatic rings. The van der Waals surface area contributed by atoms with Crippen LogP contribution in [0.3, 0.4) is 0 Å². The molecule has 0 unspecified atom stereocenters. The molecule has 2 N–H and O–H groups in total. The Hall–Kier alpha value is -2.73. The second-order valence-electron chi connectivity index (χ2n) is 6.33. The predicted octanol–water partition coefficient (Wildman–Crippen LogP) is 4.79. The smallest absolute Gasteiger partial charge is 0.180 e. The Morgan fingerprint density at radius 2 is 2.00 bits per heavy atom. The molecule has 0 fully saturated rings. The Balaban J connectivity index is 2.13. The van der Waals surface area contributed by atoms with E-state index >= 15 is 0 Å². The monoisotopic (exact) mass is 397 g/mol. The molecule has 0 spiro atoms. The van der Waals surface area contributed by atoms with Crippen molar-refractivity contribution in [1.29, 1.82) is 0 Å². The number of hydrogen-bond acceptors (Lipinski definition) is 5. The zero-order valence-electron chi connectivity index (χ0n) is 16.6. The van der Waals surface area contributed by atoms with Gasteiger partial charge in [0.15, 0.2) is 16.7 Å². The number of hydrogen-bond donors (Lipinski definition) is 1. The minimum Gasteiger partial charge on any atom is -0.493 e. The van der Waals surface area contributed by atoms with Gasteiger partial charge in [0.1, 0.15) is 0 Å². The molecule has 2 aromatic carbocycles. The molecular weight excluding hydrogens is 370 g/mol. The van der Waals surface area contributed by atoms with Gasteiger partial charge in [0.2, 0.25) is 0 Å². The van der Waals surface area contributed by atoms with E-state index in [1.807, 2.05) is 50.3 Å². The van der Waals surface area contributed by atoms with Crippen LogP contribution in [0.2, 0.25) is 0 Å². The van der Waals surface area contributed by atoms with E-state index in [4.69, 9.17) is 15.2 Å². The number of nitrogens with two attached hydrogens (primary N) is 1. The van der Waals surface area contributed by atoms with Crippen molar-refractivity contribution in [2.45, 2.75) is 32.1 Å². The molecule has 0 heterocycles. The van der Waals surface area contributed by atoms with Crippen molar-refractivity contribution in [1.82, 2.24) is 0 Å². The van der Waals surface area contributed by atoms with Crippen molar-refractivity contribution in [3.05, 3.63) is 71.8 Å². The lowest BCUT2D eigenvalue weighted by atomic mass is 10.1. The molecule has 0 aliphatic heterocycles. The number of thioether (sulfide) groups is 1. The van der Waals surface area contributed by atoms with Crippen LogP contribution in [0.5, 0.6) is 11.5 Å². The summed E-state index contributed by atoms with van der Waals surface area (Å²) >= 11 is 1.45. The molecule has 0 aromatic heterocycles. The van der Waals surface area contributed by atoms with E-state index < -0.39 is 0 Å². The third-order valence-electron chi connectivity index (χ3n) is 3.68. The minimum absolute atomic E-state index is 0.0445. The second-order valence-corrected chi connectivity index (χ2v) is 7.32. The number of nitrogens with zero attached hydrogens (tertiary/aromatic N) is 2. The summed E-state index contributed by atoms with van der Waals surface area (Å²) in [5, 5.41) is 8.60. The standard InChI is InChI=1S/C22H27N3O2S/c1-5-9-19-12-18(13-20(26-4)21(19)27-16(2)3)14-24-25-22(23)28-15-17-10-7-6-8-11-17/h5-8,10-14,16H,1,9,15H2,2-4H3,(H2,23,25). The summed E-state index contributed by atoms with van der Waals surface area (Å²) < 4.78 is 11.4. The largest absolute Gasteiger partial charge is 0.493 e. The van der Waals surface area contributed by atoms with Crippen LogP contribution in [0, 0.1) is 0 Å². The molecule has 0 saturated heterocycles. The molecule has 0 aliphatic carbocycles. The first-order valence-electron chi connectivity index (χ1n) is 9.05. The van der Waals surface area contributed by atoms with Crippen molar-refractivity contribution in [2.75, 3.05) is 7.11 Å². The fraction of sp³-hybridized carbons (Fsp3) is 0.273. The summed E-state index contributed by atoms with van der Waals surface area (Å²) in [6.45, 7) is 7.79. The highest BCUT2D eigenvalue weighted by Gasteiger charge is 2.13. The molecular formula is C22H27N3O2S. The van der Waals surface area contributed by atoms with Gasteiger partial charge in [0.05, 0.1) is 19.4 Å². The van der Waals surface area contributed by atoms with Crippen molar-refractivity contribution in [3.63, 3.8) is 0 Å². The van der Waals surface area contributed by atoms with Crippen LogP contribution in [0.15, 0.2) is 65.3 Å². The number of benzene rings is 2. The zero-order valence-corrected chi connectivity index (χ0v) is 17.4. The second kappa shape index (κ2) is 11.2. The van der Waals surface area contributed by atoms with Gasteiger partial charge in [-0.15, -0.1) is 11.7 Å². The first kappa shape index (κ1) is 21.6. The maximum atomic E-state index is 5.94. The fourth-order valence-corrected chi connectivity index (χ4v) is 3.11. The van der Waals surface area contributed by atoms with Gasteiger partial charge in [-0.2, -0.15) is 5.10 Å². The number of allylic oxidation sites excluding steroid dienone is 1. The van der Waals surface area contributed by atoms with Crippen molar-refractivity contribution in [2.24, 2.45) is 15.9 Å². The van der Waals surface area contributed by atoms with E-state index in [9.17, 15) is 0 Å². The number of ether oxygens (including phenoxy) is 2. The molecule has 2 rings (SSSR count). The van der Waals surface area contributed by atoms with Crippen LogP contribution >= 0.6 is 11.8 Å². The normalized spacial score (nSPS) is 11.8. The lowest BCUT2D eigenvalue weighted by Crippen LogP contribution is -2.09. The van der Waals surface area contributed by atoms with E-state index in [0.717, 1.165) is 22.6 Å². The van der Waals surface area contributed by atoms with E-state index in [-0.39, 0.29) is 6.10 Å². The van der Waals surface area contributed by atoms with Crippen molar-refractivity contribution < 1.29 is 9.47 Å². The van der Waals surface area contributed by atoms with Gasteiger partial charge in [-0.1, -0.05) is 48.2 Å².